The minimum atomic E-state index is -0.348. The molecule has 1 aromatic heterocycles. The topological polar surface area (TPSA) is 78.6 Å². The molecule has 0 atom stereocenters. The molecule has 0 aliphatic carbocycles. The van der Waals surface area contributed by atoms with Gasteiger partial charge in [0.1, 0.15) is 6.33 Å². The average molecular weight is 322 g/mol. The van der Waals surface area contributed by atoms with E-state index >= 15 is 0 Å². The van der Waals surface area contributed by atoms with E-state index in [1.807, 2.05) is 16.8 Å². The van der Waals surface area contributed by atoms with Crippen LogP contribution in [0.2, 0.25) is 0 Å². The molecule has 2 heterocycles. The van der Waals surface area contributed by atoms with Crippen LogP contribution in [-0.4, -0.2) is 66.1 Å². The van der Waals surface area contributed by atoms with Crippen LogP contribution in [0.15, 0.2) is 6.33 Å². The standard InChI is InChI=1S/C15H26N6O2/c1-4-6-7-18(3)14-13(21(22)23)15(17-12-16-14)20-10-8-19(5-2)9-11-20/h12H,4-11H2,1-3H3. The second-order valence-corrected chi connectivity index (χ2v) is 5.82. The van der Waals surface area contributed by atoms with Crippen LogP contribution in [0.4, 0.5) is 17.3 Å². The molecule has 128 valence electrons. The molecule has 2 rings (SSSR count). The molecule has 1 aliphatic heterocycles. The Morgan fingerprint density at radius 2 is 1.96 bits per heavy atom. The summed E-state index contributed by atoms with van der Waals surface area (Å²) in [5, 5.41) is 11.6. The van der Waals surface area contributed by atoms with E-state index in [1.54, 1.807) is 0 Å². The summed E-state index contributed by atoms with van der Waals surface area (Å²) in [5.41, 5.74) is 0.0241. The number of nitrogens with zero attached hydrogens (tertiary/aromatic N) is 6. The van der Waals surface area contributed by atoms with Crippen LogP contribution in [0, 0.1) is 10.1 Å². The van der Waals surface area contributed by atoms with Gasteiger partial charge in [-0.2, -0.15) is 0 Å². The fraction of sp³-hybridized carbons (Fsp3) is 0.733. The van der Waals surface area contributed by atoms with E-state index < -0.39 is 0 Å². The first-order valence-corrected chi connectivity index (χ1v) is 8.26. The van der Waals surface area contributed by atoms with E-state index in [-0.39, 0.29) is 10.6 Å². The molecule has 8 nitrogen and oxygen atoms in total. The van der Waals surface area contributed by atoms with Crippen molar-refractivity contribution in [3.05, 3.63) is 16.4 Å². The first-order valence-electron chi connectivity index (χ1n) is 8.26. The van der Waals surface area contributed by atoms with E-state index in [0.29, 0.717) is 11.6 Å². The highest BCUT2D eigenvalue weighted by Gasteiger charge is 2.30. The molecule has 0 N–H and O–H groups in total. The second kappa shape index (κ2) is 8.05. The second-order valence-electron chi connectivity index (χ2n) is 5.82. The van der Waals surface area contributed by atoms with Gasteiger partial charge in [-0.1, -0.05) is 20.3 Å². The number of unbranched alkanes of at least 4 members (excludes halogenated alkanes) is 1. The van der Waals surface area contributed by atoms with Crippen LogP contribution in [-0.2, 0) is 0 Å². The minimum absolute atomic E-state index is 0.0241. The fourth-order valence-electron chi connectivity index (χ4n) is 2.81. The fourth-order valence-corrected chi connectivity index (χ4v) is 2.81. The van der Waals surface area contributed by atoms with E-state index in [4.69, 9.17) is 0 Å². The number of hydrogen-bond donors (Lipinski definition) is 0. The Hall–Kier alpha value is -1.96. The summed E-state index contributed by atoms with van der Waals surface area (Å²) in [4.78, 5) is 25.9. The Labute approximate surface area is 137 Å². The molecule has 0 bridgehead atoms. The van der Waals surface area contributed by atoms with E-state index in [0.717, 1.165) is 52.1 Å². The molecule has 0 radical (unpaired) electrons. The Kier molecular flexibility index (Phi) is 6.09. The first kappa shape index (κ1) is 17.4. The molecule has 0 unspecified atom stereocenters. The molecular formula is C15H26N6O2. The number of hydrogen-bond acceptors (Lipinski definition) is 7. The Balaban J connectivity index is 2.27. The lowest BCUT2D eigenvalue weighted by atomic mass is 10.2. The van der Waals surface area contributed by atoms with Crippen molar-refractivity contribution >= 4 is 17.3 Å². The van der Waals surface area contributed by atoms with Crippen molar-refractivity contribution in [1.29, 1.82) is 0 Å². The summed E-state index contributed by atoms with van der Waals surface area (Å²) in [7, 11) is 1.85. The van der Waals surface area contributed by atoms with Crippen molar-refractivity contribution in [1.82, 2.24) is 14.9 Å². The zero-order valence-corrected chi connectivity index (χ0v) is 14.2. The molecular weight excluding hydrogens is 296 g/mol. The largest absolute Gasteiger partial charge is 0.354 e. The van der Waals surface area contributed by atoms with Gasteiger partial charge in [-0.25, -0.2) is 9.97 Å². The van der Waals surface area contributed by atoms with Crippen LogP contribution in [0.25, 0.3) is 0 Å². The molecule has 8 heteroatoms. The molecule has 0 spiro atoms. The molecule has 0 amide bonds. The lowest BCUT2D eigenvalue weighted by Gasteiger charge is -2.34. The third-order valence-electron chi connectivity index (χ3n) is 4.29. The summed E-state index contributed by atoms with van der Waals surface area (Å²) in [6.07, 6.45) is 3.45. The molecule has 1 aromatic rings. The maximum absolute atomic E-state index is 11.6. The lowest BCUT2D eigenvalue weighted by Crippen LogP contribution is -2.46. The highest BCUT2D eigenvalue weighted by Crippen LogP contribution is 2.34. The Bertz CT molecular complexity index is 531. The summed E-state index contributed by atoms with van der Waals surface area (Å²) >= 11 is 0. The molecule has 0 saturated carbocycles. The van der Waals surface area contributed by atoms with Crippen molar-refractivity contribution in [2.75, 3.05) is 56.1 Å². The number of rotatable bonds is 7. The van der Waals surface area contributed by atoms with Gasteiger partial charge in [0.15, 0.2) is 0 Å². The number of piperazine rings is 1. The quantitative estimate of drug-likeness (QED) is 0.559. The Morgan fingerprint density at radius 1 is 1.26 bits per heavy atom. The maximum atomic E-state index is 11.6. The summed E-state index contributed by atoms with van der Waals surface area (Å²) in [5.74, 6) is 0.852. The van der Waals surface area contributed by atoms with Crippen LogP contribution in [0.3, 0.4) is 0 Å². The van der Waals surface area contributed by atoms with Gasteiger partial charge < -0.3 is 14.7 Å². The molecule has 1 fully saturated rings. The molecule has 0 aromatic carbocycles. The van der Waals surface area contributed by atoms with E-state index in [2.05, 4.69) is 28.7 Å². The maximum Gasteiger partial charge on any atom is 0.353 e. The van der Waals surface area contributed by atoms with Crippen molar-refractivity contribution in [2.24, 2.45) is 0 Å². The first-order chi connectivity index (χ1) is 11.1. The Morgan fingerprint density at radius 3 is 2.52 bits per heavy atom. The molecule has 1 saturated heterocycles. The van der Waals surface area contributed by atoms with Gasteiger partial charge in [-0.15, -0.1) is 0 Å². The lowest BCUT2D eigenvalue weighted by molar-refractivity contribution is -0.383. The third kappa shape index (κ3) is 4.07. The average Bonchev–Trinajstić information content (AvgIpc) is 2.58. The number of nitro groups is 1. The number of likely N-dealkylation sites (N-methyl/N-ethyl adjacent to an activating group) is 1. The summed E-state index contributed by atoms with van der Waals surface area (Å²) < 4.78 is 0. The molecule has 23 heavy (non-hydrogen) atoms. The minimum Gasteiger partial charge on any atom is -0.354 e. The summed E-state index contributed by atoms with van der Waals surface area (Å²) in [6.45, 7) is 9.29. The highest BCUT2D eigenvalue weighted by atomic mass is 16.6. The molecule has 1 aliphatic rings. The number of anilines is 2. The smallest absolute Gasteiger partial charge is 0.353 e. The zero-order valence-electron chi connectivity index (χ0n) is 14.2. The van der Waals surface area contributed by atoms with Gasteiger partial charge in [0.2, 0.25) is 11.6 Å². The predicted molar refractivity (Wildman–Crippen MR) is 91.2 cm³/mol. The van der Waals surface area contributed by atoms with Gasteiger partial charge in [-0.05, 0) is 13.0 Å². The van der Waals surface area contributed by atoms with Crippen molar-refractivity contribution < 1.29 is 4.92 Å². The monoisotopic (exact) mass is 322 g/mol. The van der Waals surface area contributed by atoms with Crippen LogP contribution >= 0.6 is 0 Å². The van der Waals surface area contributed by atoms with E-state index in [1.165, 1.54) is 6.33 Å². The van der Waals surface area contributed by atoms with Crippen molar-refractivity contribution in [3.63, 3.8) is 0 Å². The predicted octanol–water partition coefficient (Wildman–Crippen LogP) is 1.76. The van der Waals surface area contributed by atoms with Gasteiger partial charge in [0, 0.05) is 39.8 Å². The van der Waals surface area contributed by atoms with Crippen molar-refractivity contribution in [2.45, 2.75) is 26.7 Å². The van der Waals surface area contributed by atoms with Crippen LogP contribution in [0.1, 0.15) is 26.7 Å². The van der Waals surface area contributed by atoms with Crippen LogP contribution < -0.4 is 9.80 Å². The zero-order chi connectivity index (χ0) is 16.8. The highest BCUT2D eigenvalue weighted by molar-refractivity contribution is 5.71. The van der Waals surface area contributed by atoms with E-state index in [9.17, 15) is 10.1 Å². The van der Waals surface area contributed by atoms with Crippen LogP contribution in [0.5, 0.6) is 0 Å². The number of aromatic nitrogens is 2. The summed E-state index contributed by atoms with van der Waals surface area (Å²) in [6, 6.07) is 0. The van der Waals surface area contributed by atoms with Gasteiger partial charge in [0.05, 0.1) is 4.92 Å². The van der Waals surface area contributed by atoms with Crippen molar-refractivity contribution in [3.8, 4) is 0 Å². The third-order valence-corrected chi connectivity index (χ3v) is 4.29. The SMILES string of the molecule is CCCCN(C)c1ncnc(N2CCN(CC)CC2)c1[N+](=O)[O-]. The van der Waals surface area contributed by atoms with Gasteiger partial charge in [-0.3, -0.25) is 10.1 Å². The van der Waals surface area contributed by atoms with Gasteiger partial charge >= 0.3 is 5.69 Å². The normalized spacial score (nSPS) is 15.7. The van der Waals surface area contributed by atoms with Gasteiger partial charge in [0.25, 0.3) is 0 Å².